The first kappa shape index (κ1) is 21.2. The van der Waals surface area contributed by atoms with E-state index in [4.69, 9.17) is 0 Å². The Hall–Kier alpha value is -3.48. The number of hydrogen-bond acceptors (Lipinski definition) is 3. The van der Waals surface area contributed by atoms with Crippen LogP contribution >= 0.6 is 0 Å². The zero-order valence-corrected chi connectivity index (χ0v) is 17.7. The SMILES string of the molecule is CCn1nc(C)c(CN=C(NC(=O)c2ccccc2F)Nc2ccccc2C)c1C. The minimum atomic E-state index is -0.582. The molecule has 0 radical (unpaired) electrons. The molecule has 2 N–H and O–H groups in total. The molecule has 3 rings (SSSR count). The van der Waals surface area contributed by atoms with Gasteiger partial charge in [-0.05, 0) is 51.5 Å². The van der Waals surface area contributed by atoms with Crippen LogP contribution in [0.2, 0.25) is 0 Å². The minimum absolute atomic E-state index is 0.0389. The van der Waals surface area contributed by atoms with Gasteiger partial charge in [0.1, 0.15) is 5.82 Å². The monoisotopic (exact) mass is 407 g/mol. The van der Waals surface area contributed by atoms with E-state index >= 15 is 0 Å². The Labute approximate surface area is 175 Å². The largest absolute Gasteiger partial charge is 0.326 e. The van der Waals surface area contributed by atoms with Crippen molar-refractivity contribution in [2.45, 2.75) is 40.8 Å². The van der Waals surface area contributed by atoms with Crippen LogP contribution in [0.1, 0.15) is 39.8 Å². The number of nitrogens with one attached hydrogen (secondary N) is 2. The molecule has 0 aliphatic rings. The van der Waals surface area contributed by atoms with E-state index < -0.39 is 11.7 Å². The highest BCUT2D eigenvalue weighted by atomic mass is 19.1. The lowest BCUT2D eigenvalue weighted by molar-refractivity contribution is 0.0973. The molecule has 0 atom stereocenters. The Morgan fingerprint density at radius 2 is 1.80 bits per heavy atom. The zero-order chi connectivity index (χ0) is 21.7. The number of carbonyl (C=O) groups excluding carboxylic acids is 1. The molecular formula is C23H26FN5O. The summed E-state index contributed by atoms with van der Waals surface area (Å²) in [5.41, 5.74) is 4.70. The van der Waals surface area contributed by atoms with E-state index in [0.29, 0.717) is 6.54 Å². The van der Waals surface area contributed by atoms with E-state index in [1.165, 1.54) is 12.1 Å². The van der Waals surface area contributed by atoms with Gasteiger partial charge in [-0.3, -0.25) is 14.8 Å². The molecule has 0 unspecified atom stereocenters. The van der Waals surface area contributed by atoms with Crippen LogP contribution < -0.4 is 10.6 Å². The highest BCUT2D eigenvalue weighted by molar-refractivity contribution is 6.10. The molecule has 0 fully saturated rings. The van der Waals surface area contributed by atoms with E-state index in [0.717, 1.165) is 34.7 Å². The van der Waals surface area contributed by atoms with Crippen molar-refractivity contribution in [1.29, 1.82) is 0 Å². The summed E-state index contributed by atoms with van der Waals surface area (Å²) in [6, 6.07) is 13.5. The van der Waals surface area contributed by atoms with Gasteiger partial charge in [-0.15, -0.1) is 0 Å². The second kappa shape index (κ2) is 9.35. The van der Waals surface area contributed by atoms with Crippen LogP contribution in [-0.2, 0) is 13.1 Å². The fraction of sp³-hybridized carbons (Fsp3) is 0.261. The van der Waals surface area contributed by atoms with E-state index in [1.807, 2.05) is 56.6 Å². The number of amides is 1. The number of aryl methyl sites for hydroxylation is 3. The molecule has 7 heteroatoms. The van der Waals surface area contributed by atoms with E-state index in [1.54, 1.807) is 12.1 Å². The summed E-state index contributed by atoms with van der Waals surface area (Å²) >= 11 is 0. The number of nitrogens with zero attached hydrogens (tertiary/aromatic N) is 3. The summed E-state index contributed by atoms with van der Waals surface area (Å²) < 4.78 is 16.0. The fourth-order valence-corrected chi connectivity index (χ4v) is 3.20. The molecule has 0 saturated heterocycles. The van der Waals surface area contributed by atoms with Gasteiger partial charge in [0.25, 0.3) is 5.91 Å². The normalized spacial score (nSPS) is 11.4. The van der Waals surface area contributed by atoms with Crippen molar-refractivity contribution in [2.75, 3.05) is 5.32 Å². The van der Waals surface area contributed by atoms with Gasteiger partial charge in [0.2, 0.25) is 5.96 Å². The number of aliphatic imine (C=N–C) groups is 1. The van der Waals surface area contributed by atoms with Crippen molar-refractivity contribution in [3.05, 3.63) is 82.4 Å². The Kier molecular flexibility index (Phi) is 6.61. The second-order valence-corrected chi connectivity index (χ2v) is 7.00. The maximum Gasteiger partial charge on any atom is 0.260 e. The minimum Gasteiger partial charge on any atom is -0.326 e. The molecule has 6 nitrogen and oxygen atoms in total. The van der Waals surface area contributed by atoms with Gasteiger partial charge in [0.05, 0.1) is 17.8 Å². The summed E-state index contributed by atoms with van der Waals surface area (Å²) in [4.78, 5) is 17.3. The van der Waals surface area contributed by atoms with Gasteiger partial charge in [-0.1, -0.05) is 30.3 Å². The average molecular weight is 407 g/mol. The lowest BCUT2D eigenvalue weighted by Gasteiger charge is -2.14. The second-order valence-electron chi connectivity index (χ2n) is 7.00. The molecule has 2 aromatic carbocycles. The molecule has 0 aliphatic heterocycles. The van der Waals surface area contributed by atoms with Crippen molar-refractivity contribution in [2.24, 2.45) is 4.99 Å². The highest BCUT2D eigenvalue weighted by Gasteiger charge is 2.15. The molecule has 1 heterocycles. The Morgan fingerprint density at radius 3 is 2.47 bits per heavy atom. The molecule has 30 heavy (non-hydrogen) atoms. The number of aromatic nitrogens is 2. The van der Waals surface area contributed by atoms with E-state index in [-0.39, 0.29) is 11.5 Å². The van der Waals surface area contributed by atoms with Crippen LogP contribution in [0.5, 0.6) is 0 Å². The average Bonchev–Trinajstić information content (AvgIpc) is 3.01. The van der Waals surface area contributed by atoms with Crippen molar-refractivity contribution >= 4 is 17.6 Å². The zero-order valence-electron chi connectivity index (χ0n) is 17.7. The Balaban J connectivity index is 1.90. The topological polar surface area (TPSA) is 71.3 Å². The molecule has 156 valence electrons. The smallest absolute Gasteiger partial charge is 0.260 e. The number of benzene rings is 2. The van der Waals surface area contributed by atoms with Crippen LogP contribution in [0.25, 0.3) is 0 Å². The third-order valence-corrected chi connectivity index (χ3v) is 4.97. The lowest BCUT2D eigenvalue weighted by atomic mass is 10.2. The summed E-state index contributed by atoms with van der Waals surface area (Å²) in [5.74, 6) is -0.896. The maximum atomic E-state index is 14.0. The standard InChI is InChI=1S/C23H26FN5O/c1-5-29-17(4)19(16(3)28-29)14-25-23(26-21-13-9-6-10-15(21)2)27-22(30)18-11-7-8-12-20(18)24/h6-13H,5,14H2,1-4H3,(H2,25,26,27,30). The highest BCUT2D eigenvalue weighted by Crippen LogP contribution is 2.16. The Morgan fingerprint density at radius 1 is 1.10 bits per heavy atom. The first-order chi connectivity index (χ1) is 14.4. The number of rotatable bonds is 5. The van der Waals surface area contributed by atoms with Crippen LogP contribution in [-0.4, -0.2) is 21.6 Å². The predicted octanol–water partition coefficient (Wildman–Crippen LogP) is 4.37. The molecule has 0 bridgehead atoms. The van der Waals surface area contributed by atoms with Gasteiger partial charge in [-0.2, -0.15) is 5.10 Å². The molecule has 3 aromatic rings. The molecule has 0 saturated carbocycles. The van der Waals surface area contributed by atoms with E-state index in [2.05, 4.69) is 20.7 Å². The fourth-order valence-electron chi connectivity index (χ4n) is 3.20. The summed E-state index contributed by atoms with van der Waals surface area (Å²) in [6.07, 6.45) is 0. The number of anilines is 1. The summed E-state index contributed by atoms with van der Waals surface area (Å²) in [6.45, 7) is 9.04. The van der Waals surface area contributed by atoms with Crippen LogP contribution in [0, 0.1) is 26.6 Å². The van der Waals surface area contributed by atoms with Gasteiger partial charge in [-0.25, -0.2) is 9.38 Å². The predicted molar refractivity (Wildman–Crippen MR) is 117 cm³/mol. The van der Waals surface area contributed by atoms with Gasteiger partial charge < -0.3 is 5.32 Å². The van der Waals surface area contributed by atoms with Crippen molar-refractivity contribution in [1.82, 2.24) is 15.1 Å². The van der Waals surface area contributed by atoms with Gasteiger partial charge >= 0.3 is 0 Å². The number of guanidine groups is 1. The summed E-state index contributed by atoms with van der Waals surface area (Å²) in [5, 5.41) is 10.4. The quantitative estimate of drug-likeness (QED) is 0.487. The van der Waals surface area contributed by atoms with Gasteiger partial charge in [0, 0.05) is 23.5 Å². The van der Waals surface area contributed by atoms with Crippen molar-refractivity contribution in [3.63, 3.8) is 0 Å². The maximum absolute atomic E-state index is 14.0. The lowest BCUT2D eigenvalue weighted by Crippen LogP contribution is -2.36. The van der Waals surface area contributed by atoms with Crippen molar-refractivity contribution < 1.29 is 9.18 Å². The molecule has 1 amide bonds. The first-order valence-corrected chi connectivity index (χ1v) is 9.86. The van der Waals surface area contributed by atoms with Crippen molar-refractivity contribution in [3.8, 4) is 0 Å². The Bertz CT molecular complexity index is 1090. The first-order valence-electron chi connectivity index (χ1n) is 9.86. The number of para-hydroxylation sites is 1. The van der Waals surface area contributed by atoms with Crippen LogP contribution in [0.3, 0.4) is 0 Å². The molecular weight excluding hydrogens is 381 g/mol. The van der Waals surface area contributed by atoms with Crippen LogP contribution in [0.4, 0.5) is 10.1 Å². The van der Waals surface area contributed by atoms with E-state index in [9.17, 15) is 9.18 Å². The number of carbonyl (C=O) groups is 1. The van der Waals surface area contributed by atoms with Gasteiger partial charge in [0.15, 0.2) is 0 Å². The van der Waals surface area contributed by atoms with Crippen LogP contribution in [0.15, 0.2) is 53.5 Å². The number of halogens is 1. The molecule has 0 spiro atoms. The third kappa shape index (κ3) is 4.74. The molecule has 0 aliphatic carbocycles. The number of hydrogen-bond donors (Lipinski definition) is 2. The molecule has 1 aromatic heterocycles. The summed E-state index contributed by atoms with van der Waals surface area (Å²) in [7, 11) is 0. The third-order valence-electron chi connectivity index (χ3n) is 4.97.